The molecule has 1 amide bonds. The number of hydrogen-bond donors (Lipinski definition) is 1. The zero-order chi connectivity index (χ0) is 15.8. The van der Waals surface area contributed by atoms with E-state index in [-0.39, 0.29) is 18.7 Å². The van der Waals surface area contributed by atoms with Crippen LogP contribution in [0.2, 0.25) is 0 Å². The maximum absolute atomic E-state index is 11.9. The van der Waals surface area contributed by atoms with Crippen molar-refractivity contribution in [2.45, 2.75) is 33.1 Å². The molecule has 0 atom stereocenters. The lowest BCUT2D eigenvalue weighted by molar-refractivity contribution is -0.138. The van der Waals surface area contributed by atoms with Crippen LogP contribution in [0.4, 0.5) is 0 Å². The lowest BCUT2D eigenvalue weighted by Crippen LogP contribution is -2.29. The van der Waals surface area contributed by atoms with E-state index < -0.39 is 5.97 Å². The summed E-state index contributed by atoms with van der Waals surface area (Å²) in [6.45, 7) is 4.73. The van der Waals surface area contributed by atoms with Gasteiger partial charge in [-0.1, -0.05) is 18.2 Å². The summed E-state index contributed by atoms with van der Waals surface area (Å²) < 4.78 is 5.69. The molecule has 21 heavy (non-hydrogen) atoms. The molecule has 5 heteroatoms. The molecule has 1 aromatic carbocycles. The number of amides is 1. The molecular formula is C16H23NO4. The number of rotatable bonds is 8. The van der Waals surface area contributed by atoms with Crippen LogP contribution in [0.25, 0.3) is 0 Å². The average molecular weight is 293 g/mol. The van der Waals surface area contributed by atoms with Crippen LogP contribution in [0.15, 0.2) is 18.2 Å². The van der Waals surface area contributed by atoms with Crippen molar-refractivity contribution in [3.8, 4) is 5.75 Å². The molecule has 0 aliphatic rings. The third-order valence-electron chi connectivity index (χ3n) is 3.28. The fourth-order valence-electron chi connectivity index (χ4n) is 2.05. The van der Waals surface area contributed by atoms with Crippen LogP contribution < -0.4 is 4.74 Å². The number of benzene rings is 1. The first-order valence-corrected chi connectivity index (χ1v) is 7.06. The monoisotopic (exact) mass is 293 g/mol. The highest BCUT2D eigenvalue weighted by Gasteiger charge is 2.10. The van der Waals surface area contributed by atoms with Crippen LogP contribution in [0.3, 0.4) is 0 Å². The second-order valence-corrected chi connectivity index (χ2v) is 5.13. The predicted molar refractivity (Wildman–Crippen MR) is 80.5 cm³/mol. The van der Waals surface area contributed by atoms with E-state index in [1.54, 1.807) is 11.9 Å². The molecule has 0 fully saturated rings. The van der Waals surface area contributed by atoms with E-state index in [1.807, 2.05) is 32.0 Å². The molecule has 0 aromatic heterocycles. The number of para-hydroxylation sites is 1. The lowest BCUT2D eigenvalue weighted by Gasteiger charge is -2.17. The second kappa shape index (κ2) is 8.29. The van der Waals surface area contributed by atoms with Gasteiger partial charge in [0.1, 0.15) is 5.75 Å². The van der Waals surface area contributed by atoms with Crippen LogP contribution in [0.1, 0.15) is 30.4 Å². The smallest absolute Gasteiger partial charge is 0.303 e. The number of carboxylic acid groups (broad SMARTS) is 1. The largest absolute Gasteiger partial charge is 0.493 e. The van der Waals surface area contributed by atoms with Crippen molar-refractivity contribution >= 4 is 11.9 Å². The molecule has 1 N–H and O–H groups in total. The zero-order valence-corrected chi connectivity index (χ0v) is 12.9. The molecule has 0 bridgehead atoms. The molecule has 0 spiro atoms. The Bertz CT molecular complexity index is 479. The predicted octanol–water partition coefficient (Wildman–Crippen LogP) is 2.40. The Balaban J connectivity index is 2.34. The topological polar surface area (TPSA) is 66.8 Å². The van der Waals surface area contributed by atoms with Gasteiger partial charge in [0.05, 0.1) is 13.0 Å². The van der Waals surface area contributed by atoms with Crippen molar-refractivity contribution in [3.63, 3.8) is 0 Å². The summed E-state index contributed by atoms with van der Waals surface area (Å²) >= 11 is 0. The highest BCUT2D eigenvalue weighted by atomic mass is 16.5. The number of aliphatic carboxylic acids is 1. The van der Waals surface area contributed by atoms with Crippen LogP contribution >= 0.6 is 0 Å². The van der Waals surface area contributed by atoms with E-state index in [0.29, 0.717) is 19.6 Å². The summed E-state index contributed by atoms with van der Waals surface area (Å²) in [6.07, 6.45) is 0.837. The Hall–Kier alpha value is -2.04. The Labute approximate surface area is 125 Å². The van der Waals surface area contributed by atoms with Gasteiger partial charge in [-0.15, -0.1) is 0 Å². The fourth-order valence-corrected chi connectivity index (χ4v) is 2.05. The van der Waals surface area contributed by atoms with Gasteiger partial charge in [0, 0.05) is 20.0 Å². The normalized spacial score (nSPS) is 10.2. The molecule has 0 saturated heterocycles. The summed E-state index contributed by atoms with van der Waals surface area (Å²) in [6, 6.07) is 5.92. The molecule has 0 heterocycles. The minimum Gasteiger partial charge on any atom is -0.493 e. The first kappa shape index (κ1) is 17.0. The summed E-state index contributed by atoms with van der Waals surface area (Å²) in [5, 5.41) is 8.56. The second-order valence-electron chi connectivity index (χ2n) is 5.13. The molecule has 116 valence electrons. The van der Waals surface area contributed by atoms with E-state index in [1.165, 1.54) is 0 Å². The van der Waals surface area contributed by atoms with Gasteiger partial charge in [-0.25, -0.2) is 0 Å². The van der Waals surface area contributed by atoms with E-state index in [4.69, 9.17) is 9.84 Å². The van der Waals surface area contributed by atoms with Crippen LogP contribution in [-0.4, -0.2) is 42.1 Å². The van der Waals surface area contributed by atoms with Crippen LogP contribution in [0.5, 0.6) is 5.75 Å². The molecular weight excluding hydrogens is 270 g/mol. The maximum atomic E-state index is 11.9. The van der Waals surface area contributed by atoms with Crippen molar-refractivity contribution in [1.82, 2.24) is 4.90 Å². The number of carboxylic acids is 1. The first-order valence-electron chi connectivity index (χ1n) is 7.06. The number of hydrogen-bond acceptors (Lipinski definition) is 3. The molecule has 0 aliphatic carbocycles. The number of aryl methyl sites for hydroxylation is 2. The standard InChI is InChI=1S/C16H23NO4/c1-12-6-4-7-13(2)16(12)21-11-9-14(18)17(3)10-5-8-15(19)20/h4,6-7H,5,8-11H2,1-3H3,(H,19,20). The van der Waals surface area contributed by atoms with E-state index in [2.05, 4.69) is 0 Å². The number of carbonyl (C=O) groups excluding carboxylic acids is 1. The summed E-state index contributed by atoms with van der Waals surface area (Å²) in [7, 11) is 1.68. The van der Waals surface area contributed by atoms with Gasteiger partial charge in [-0.2, -0.15) is 0 Å². The van der Waals surface area contributed by atoms with Crippen LogP contribution in [-0.2, 0) is 9.59 Å². The van der Waals surface area contributed by atoms with Gasteiger partial charge in [0.15, 0.2) is 0 Å². The quantitative estimate of drug-likeness (QED) is 0.799. The zero-order valence-electron chi connectivity index (χ0n) is 12.9. The molecule has 0 saturated carbocycles. The fraction of sp³-hybridized carbons (Fsp3) is 0.500. The van der Waals surface area contributed by atoms with Gasteiger partial charge < -0.3 is 14.7 Å². The van der Waals surface area contributed by atoms with Crippen molar-refractivity contribution < 1.29 is 19.4 Å². The Morgan fingerprint density at radius 1 is 1.19 bits per heavy atom. The van der Waals surface area contributed by atoms with Gasteiger partial charge in [-0.3, -0.25) is 9.59 Å². The Morgan fingerprint density at radius 2 is 1.81 bits per heavy atom. The highest BCUT2D eigenvalue weighted by molar-refractivity contribution is 5.76. The number of carbonyl (C=O) groups is 2. The van der Waals surface area contributed by atoms with Crippen molar-refractivity contribution in [3.05, 3.63) is 29.3 Å². The van der Waals surface area contributed by atoms with Crippen molar-refractivity contribution in [2.75, 3.05) is 20.2 Å². The Morgan fingerprint density at radius 3 is 2.38 bits per heavy atom. The summed E-state index contributed by atoms with van der Waals surface area (Å²) in [5.74, 6) is -0.0420. The summed E-state index contributed by atoms with van der Waals surface area (Å²) in [4.78, 5) is 23.8. The van der Waals surface area contributed by atoms with E-state index >= 15 is 0 Å². The van der Waals surface area contributed by atoms with Crippen molar-refractivity contribution in [1.29, 1.82) is 0 Å². The number of ether oxygens (including phenoxy) is 1. The van der Waals surface area contributed by atoms with E-state index in [0.717, 1.165) is 16.9 Å². The molecule has 0 aliphatic heterocycles. The van der Waals surface area contributed by atoms with E-state index in [9.17, 15) is 9.59 Å². The van der Waals surface area contributed by atoms with Crippen LogP contribution in [0, 0.1) is 13.8 Å². The van der Waals surface area contributed by atoms with Gasteiger partial charge >= 0.3 is 5.97 Å². The average Bonchev–Trinajstić information content (AvgIpc) is 2.41. The van der Waals surface area contributed by atoms with Gasteiger partial charge in [0.25, 0.3) is 0 Å². The SMILES string of the molecule is Cc1cccc(C)c1OCCC(=O)N(C)CCCC(=O)O. The van der Waals surface area contributed by atoms with Crippen molar-refractivity contribution in [2.24, 2.45) is 0 Å². The third kappa shape index (κ3) is 5.85. The molecule has 5 nitrogen and oxygen atoms in total. The van der Waals surface area contributed by atoms with Gasteiger partial charge in [0.2, 0.25) is 5.91 Å². The molecule has 0 radical (unpaired) electrons. The molecule has 1 aromatic rings. The third-order valence-corrected chi connectivity index (χ3v) is 3.28. The molecule has 0 unspecified atom stereocenters. The highest BCUT2D eigenvalue weighted by Crippen LogP contribution is 2.22. The minimum atomic E-state index is -0.839. The minimum absolute atomic E-state index is 0.0355. The first-order chi connectivity index (χ1) is 9.91. The molecule has 1 rings (SSSR count). The Kier molecular flexibility index (Phi) is 6.72. The lowest BCUT2D eigenvalue weighted by atomic mass is 10.1. The maximum Gasteiger partial charge on any atom is 0.303 e. The van der Waals surface area contributed by atoms with Gasteiger partial charge in [-0.05, 0) is 31.4 Å². The number of nitrogens with zero attached hydrogens (tertiary/aromatic N) is 1. The summed E-state index contributed by atoms with van der Waals surface area (Å²) in [5.41, 5.74) is 2.11.